The summed E-state index contributed by atoms with van der Waals surface area (Å²) in [4.78, 5) is 4.32. The summed E-state index contributed by atoms with van der Waals surface area (Å²) in [6.45, 7) is 3.91. The third-order valence-corrected chi connectivity index (χ3v) is 4.33. The number of furan rings is 1. The van der Waals surface area contributed by atoms with Crippen molar-refractivity contribution in [1.82, 2.24) is 20.3 Å². The smallest absolute Gasteiger partial charge is 0.240 e. The Balaban J connectivity index is 1.75. The van der Waals surface area contributed by atoms with Gasteiger partial charge in [0.05, 0.1) is 11.5 Å². The lowest BCUT2D eigenvalue weighted by molar-refractivity contribution is 0.379. The first-order chi connectivity index (χ1) is 9.22. The number of hydrogen-bond donors (Lipinski definition) is 0. The summed E-state index contributed by atoms with van der Waals surface area (Å²) in [6, 6.07) is 3.58. The number of aromatic nitrogens is 4. The van der Waals surface area contributed by atoms with Gasteiger partial charge in [0, 0.05) is 0 Å². The van der Waals surface area contributed by atoms with Crippen LogP contribution in [0.25, 0.3) is 11.6 Å². The SMILES string of the molecule is Cc1nnc(SC(C)c2nc(-c3ccco3)no2)s1. The Labute approximate surface area is 117 Å². The van der Waals surface area contributed by atoms with Crippen molar-refractivity contribution in [2.45, 2.75) is 23.4 Å². The van der Waals surface area contributed by atoms with Crippen LogP contribution in [0.15, 0.2) is 31.7 Å². The van der Waals surface area contributed by atoms with Crippen LogP contribution >= 0.6 is 23.1 Å². The summed E-state index contributed by atoms with van der Waals surface area (Å²) in [7, 11) is 0. The highest BCUT2D eigenvalue weighted by Crippen LogP contribution is 2.35. The summed E-state index contributed by atoms with van der Waals surface area (Å²) in [6.07, 6.45) is 1.58. The molecule has 0 N–H and O–H groups in total. The van der Waals surface area contributed by atoms with Gasteiger partial charge in [-0.2, -0.15) is 4.98 Å². The molecule has 6 nitrogen and oxygen atoms in total. The van der Waals surface area contributed by atoms with Crippen LogP contribution in [-0.4, -0.2) is 20.3 Å². The third-order valence-electron chi connectivity index (χ3n) is 2.32. The van der Waals surface area contributed by atoms with Crippen LogP contribution in [0.5, 0.6) is 0 Å². The van der Waals surface area contributed by atoms with E-state index in [-0.39, 0.29) is 5.25 Å². The van der Waals surface area contributed by atoms with Crippen molar-refractivity contribution in [3.63, 3.8) is 0 Å². The lowest BCUT2D eigenvalue weighted by Crippen LogP contribution is -1.88. The van der Waals surface area contributed by atoms with Crippen molar-refractivity contribution < 1.29 is 8.94 Å². The van der Waals surface area contributed by atoms with E-state index in [0.29, 0.717) is 17.5 Å². The molecule has 98 valence electrons. The minimum absolute atomic E-state index is 0.0172. The van der Waals surface area contributed by atoms with Crippen LogP contribution < -0.4 is 0 Å². The van der Waals surface area contributed by atoms with Crippen molar-refractivity contribution in [1.29, 1.82) is 0 Å². The van der Waals surface area contributed by atoms with Gasteiger partial charge in [0.1, 0.15) is 5.01 Å². The summed E-state index contributed by atoms with van der Waals surface area (Å²) in [5.74, 6) is 1.60. The molecule has 0 aliphatic carbocycles. The monoisotopic (exact) mass is 294 g/mol. The average Bonchev–Trinajstić information content (AvgIpc) is 3.08. The van der Waals surface area contributed by atoms with E-state index in [2.05, 4.69) is 20.3 Å². The zero-order chi connectivity index (χ0) is 13.2. The first-order valence-electron chi connectivity index (χ1n) is 5.56. The fraction of sp³-hybridized carbons (Fsp3) is 0.273. The molecule has 1 unspecified atom stereocenters. The molecular formula is C11H10N4O2S2. The van der Waals surface area contributed by atoms with Gasteiger partial charge in [-0.3, -0.25) is 0 Å². The van der Waals surface area contributed by atoms with Crippen LogP contribution in [0.4, 0.5) is 0 Å². The zero-order valence-electron chi connectivity index (χ0n) is 10.2. The molecule has 0 aliphatic heterocycles. The number of hydrogen-bond acceptors (Lipinski definition) is 8. The Hall–Kier alpha value is -1.67. The Morgan fingerprint density at radius 2 is 2.26 bits per heavy atom. The van der Waals surface area contributed by atoms with Gasteiger partial charge in [-0.15, -0.1) is 10.2 Å². The molecule has 3 aromatic heterocycles. The van der Waals surface area contributed by atoms with Crippen LogP contribution in [0, 0.1) is 6.92 Å². The van der Waals surface area contributed by atoms with E-state index in [1.807, 2.05) is 13.8 Å². The predicted molar refractivity (Wildman–Crippen MR) is 70.9 cm³/mol. The van der Waals surface area contributed by atoms with Crippen molar-refractivity contribution in [3.05, 3.63) is 29.3 Å². The highest BCUT2D eigenvalue weighted by molar-refractivity contribution is 8.01. The molecule has 0 aromatic carbocycles. The molecule has 3 rings (SSSR count). The molecule has 0 bridgehead atoms. The topological polar surface area (TPSA) is 77.8 Å². The van der Waals surface area contributed by atoms with Crippen LogP contribution in [0.2, 0.25) is 0 Å². The summed E-state index contributed by atoms with van der Waals surface area (Å²) < 4.78 is 11.4. The van der Waals surface area contributed by atoms with E-state index in [1.165, 1.54) is 0 Å². The Morgan fingerprint density at radius 3 is 2.95 bits per heavy atom. The highest BCUT2D eigenvalue weighted by atomic mass is 32.2. The van der Waals surface area contributed by atoms with E-state index in [4.69, 9.17) is 8.94 Å². The standard InChI is InChI=1S/C11H10N4O2S2/c1-6(18-11-14-13-7(2)19-11)10-12-9(15-17-10)8-4-3-5-16-8/h3-6H,1-2H3. The maximum Gasteiger partial charge on any atom is 0.240 e. The Kier molecular flexibility index (Phi) is 3.34. The molecule has 0 amide bonds. The number of aryl methyl sites for hydroxylation is 1. The Morgan fingerprint density at radius 1 is 1.37 bits per heavy atom. The van der Waals surface area contributed by atoms with E-state index >= 15 is 0 Å². The van der Waals surface area contributed by atoms with Crippen LogP contribution in [0.3, 0.4) is 0 Å². The van der Waals surface area contributed by atoms with Gasteiger partial charge in [0.15, 0.2) is 10.1 Å². The number of rotatable bonds is 4. The maximum absolute atomic E-state index is 5.24. The lowest BCUT2D eigenvalue weighted by atomic mass is 10.4. The zero-order valence-corrected chi connectivity index (χ0v) is 11.9. The fourth-order valence-electron chi connectivity index (χ4n) is 1.43. The van der Waals surface area contributed by atoms with Gasteiger partial charge >= 0.3 is 0 Å². The molecule has 0 aliphatic rings. The number of thioether (sulfide) groups is 1. The van der Waals surface area contributed by atoms with E-state index in [9.17, 15) is 0 Å². The molecule has 0 saturated carbocycles. The van der Waals surface area contributed by atoms with Crippen LogP contribution in [0.1, 0.15) is 23.1 Å². The van der Waals surface area contributed by atoms with Crippen molar-refractivity contribution >= 4 is 23.1 Å². The molecule has 8 heteroatoms. The van der Waals surface area contributed by atoms with E-state index in [1.54, 1.807) is 41.5 Å². The maximum atomic E-state index is 5.24. The van der Waals surface area contributed by atoms with Gasteiger partial charge < -0.3 is 8.94 Å². The Bertz CT molecular complexity index is 662. The third kappa shape index (κ3) is 2.69. The van der Waals surface area contributed by atoms with E-state index in [0.717, 1.165) is 9.35 Å². The second-order valence-corrected chi connectivity index (χ2v) is 6.55. The molecule has 3 aromatic rings. The van der Waals surface area contributed by atoms with Gasteiger partial charge in [-0.25, -0.2) is 0 Å². The summed E-state index contributed by atoms with van der Waals surface area (Å²) >= 11 is 3.09. The predicted octanol–water partition coefficient (Wildman–Crippen LogP) is 3.34. The first kappa shape index (κ1) is 12.4. The second-order valence-electron chi connectivity index (χ2n) is 3.78. The van der Waals surface area contributed by atoms with Crippen molar-refractivity contribution in [3.8, 4) is 11.6 Å². The molecule has 0 spiro atoms. The molecule has 19 heavy (non-hydrogen) atoms. The average molecular weight is 294 g/mol. The highest BCUT2D eigenvalue weighted by Gasteiger charge is 2.19. The van der Waals surface area contributed by atoms with Gasteiger partial charge in [0.25, 0.3) is 0 Å². The number of nitrogens with zero attached hydrogens (tertiary/aromatic N) is 4. The molecule has 0 fully saturated rings. The minimum Gasteiger partial charge on any atom is -0.461 e. The quantitative estimate of drug-likeness (QED) is 0.683. The first-order valence-corrected chi connectivity index (χ1v) is 7.26. The van der Waals surface area contributed by atoms with Gasteiger partial charge in [-0.1, -0.05) is 28.3 Å². The fourth-order valence-corrected chi connectivity index (χ4v) is 3.42. The normalized spacial score (nSPS) is 12.7. The van der Waals surface area contributed by atoms with Gasteiger partial charge in [-0.05, 0) is 26.0 Å². The molecule has 0 radical (unpaired) electrons. The minimum atomic E-state index is 0.0172. The lowest BCUT2D eigenvalue weighted by Gasteiger charge is -2.00. The van der Waals surface area contributed by atoms with E-state index < -0.39 is 0 Å². The van der Waals surface area contributed by atoms with Crippen molar-refractivity contribution in [2.75, 3.05) is 0 Å². The van der Waals surface area contributed by atoms with Crippen molar-refractivity contribution in [2.24, 2.45) is 0 Å². The largest absolute Gasteiger partial charge is 0.461 e. The molecule has 1 atom stereocenters. The molecule has 0 saturated heterocycles. The summed E-state index contributed by atoms with van der Waals surface area (Å²) in [5, 5.41) is 12.9. The summed E-state index contributed by atoms with van der Waals surface area (Å²) in [5.41, 5.74) is 0. The molecular weight excluding hydrogens is 284 g/mol. The van der Waals surface area contributed by atoms with Gasteiger partial charge in [0.2, 0.25) is 11.7 Å². The molecule has 3 heterocycles. The second kappa shape index (κ2) is 5.14. The van der Waals surface area contributed by atoms with Crippen LogP contribution in [-0.2, 0) is 0 Å².